The Kier molecular flexibility index (Phi) is 5.37. The van der Waals surface area contributed by atoms with Gasteiger partial charge < -0.3 is 20.5 Å². The summed E-state index contributed by atoms with van der Waals surface area (Å²) in [6.07, 6.45) is 5.32. The number of hydrogen-bond acceptors (Lipinski definition) is 4. The number of amides is 1. The summed E-state index contributed by atoms with van der Waals surface area (Å²) in [6, 6.07) is -0.361. The van der Waals surface area contributed by atoms with Crippen LogP contribution in [0.25, 0.3) is 0 Å². The van der Waals surface area contributed by atoms with Gasteiger partial charge in [0.25, 0.3) is 0 Å². The van der Waals surface area contributed by atoms with Crippen molar-refractivity contribution >= 4 is 11.9 Å². The minimum atomic E-state index is -0.790. The van der Waals surface area contributed by atoms with Gasteiger partial charge in [0.05, 0.1) is 18.6 Å². The fourth-order valence-corrected chi connectivity index (χ4v) is 2.98. The van der Waals surface area contributed by atoms with E-state index in [1.807, 2.05) is 0 Å². The largest absolute Gasteiger partial charge is 0.481 e. The summed E-state index contributed by atoms with van der Waals surface area (Å²) in [4.78, 5) is 23.7. The number of rotatable bonds is 4. The molecule has 20 heavy (non-hydrogen) atoms. The smallest absolute Gasteiger partial charge is 0.311 e. The molecule has 1 heterocycles. The summed E-state index contributed by atoms with van der Waals surface area (Å²) in [6.45, 7) is 1.84. The van der Waals surface area contributed by atoms with Crippen LogP contribution in [0, 0.1) is 5.41 Å². The van der Waals surface area contributed by atoms with Crippen molar-refractivity contribution in [1.82, 2.24) is 10.6 Å². The first kappa shape index (κ1) is 15.3. The van der Waals surface area contributed by atoms with Gasteiger partial charge in [-0.05, 0) is 12.8 Å². The molecule has 3 N–H and O–H groups in total. The number of ether oxygens (including phenoxy) is 1. The lowest BCUT2D eigenvalue weighted by Crippen LogP contribution is -2.53. The van der Waals surface area contributed by atoms with E-state index < -0.39 is 11.4 Å². The van der Waals surface area contributed by atoms with Gasteiger partial charge in [-0.1, -0.05) is 25.7 Å². The van der Waals surface area contributed by atoms with Crippen molar-refractivity contribution in [3.8, 4) is 0 Å². The Balaban J connectivity index is 1.91. The van der Waals surface area contributed by atoms with E-state index in [0.717, 1.165) is 25.7 Å². The zero-order valence-electron chi connectivity index (χ0n) is 11.8. The molecule has 6 heteroatoms. The first-order valence-corrected chi connectivity index (χ1v) is 7.46. The molecule has 1 unspecified atom stereocenters. The lowest BCUT2D eigenvalue weighted by atomic mass is 9.80. The number of hydrogen-bond donors (Lipinski definition) is 3. The molecule has 1 saturated carbocycles. The minimum absolute atomic E-state index is 0.158. The van der Waals surface area contributed by atoms with E-state index in [0.29, 0.717) is 32.6 Å². The zero-order valence-corrected chi connectivity index (χ0v) is 11.8. The van der Waals surface area contributed by atoms with Gasteiger partial charge in [0.2, 0.25) is 5.91 Å². The van der Waals surface area contributed by atoms with Crippen LogP contribution < -0.4 is 10.6 Å². The molecule has 6 nitrogen and oxygen atoms in total. The van der Waals surface area contributed by atoms with Crippen molar-refractivity contribution in [2.24, 2.45) is 5.41 Å². The summed E-state index contributed by atoms with van der Waals surface area (Å²) in [5, 5.41) is 15.4. The highest BCUT2D eigenvalue weighted by Crippen LogP contribution is 2.34. The van der Waals surface area contributed by atoms with Gasteiger partial charge in [-0.3, -0.25) is 9.59 Å². The second-order valence-electron chi connectivity index (χ2n) is 5.80. The highest BCUT2D eigenvalue weighted by atomic mass is 16.5. The normalized spacial score (nSPS) is 26.5. The summed E-state index contributed by atoms with van der Waals surface area (Å²) in [7, 11) is 0. The van der Waals surface area contributed by atoms with E-state index in [4.69, 9.17) is 4.74 Å². The summed E-state index contributed by atoms with van der Waals surface area (Å²) in [5.41, 5.74) is -0.790. The van der Waals surface area contributed by atoms with E-state index in [1.165, 1.54) is 0 Å². The Morgan fingerprint density at radius 1 is 1.25 bits per heavy atom. The topological polar surface area (TPSA) is 87.7 Å². The number of carboxylic acid groups (broad SMARTS) is 1. The Hall–Kier alpha value is -1.14. The fourth-order valence-electron chi connectivity index (χ4n) is 2.98. The second kappa shape index (κ2) is 7.04. The van der Waals surface area contributed by atoms with Gasteiger partial charge in [0, 0.05) is 13.1 Å². The number of nitrogens with one attached hydrogen (secondary N) is 2. The maximum Gasteiger partial charge on any atom is 0.311 e. The third kappa shape index (κ3) is 3.70. The summed E-state index contributed by atoms with van der Waals surface area (Å²) >= 11 is 0. The number of morpholine rings is 1. The predicted octanol–water partition coefficient (Wildman–Crippen LogP) is 0.516. The monoisotopic (exact) mass is 284 g/mol. The Morgan fingerprint density at radius 3 is 2.50 bits per heavy atom. The number of carboxylic acids is 1. The third-order valence-electron chi connectivity index (χ3n) is 4.35. The predicted molar refractivity (Wildman–Crippen MR) is 73.4 cm³/mol. The molecule has 1 aliphatic heterocycles. The molecule has 2 fully saturated rings. The Morgan fingerprint density at radius 2 is 1.95 bits per heavy atom. The summed E-state index contributed by atoms with van der Waals surface area (Å²) in [5.74, 6) is -0.942. The highest BCUT2D eigenvalue weighted by molar-refractivity contribution is 5.83. The van der Waals surface area contributed by atoms with Crippen LogP contribution in [0.2, 0.25) is 0 Å². The standard InChI is InChI=1S/C14H24N2O4/c17-12(11-9-20-8-7-15-11)16-10-14(13(18)19)5-3-1-2-4-6-14/h11,15H,1-10H2,(H,16,17)(H,18,19). The average molecular weight is 284 g/mol. The summed E-state index contributed by atoms with van der Waals surface area (Å²) < 4.78 is 5.25. The highest BCUT2D eigenvalue weighted by Gasteiger charge is 2.39. The molecule has 114 valence electrons. The molecule has 2 aliphatic rings. The van der Waals surface area contributed by atoms with E-state index in [1.54, 1.807) is 0 Å². The van der Waals surface area contributed by atoms with Crippen molar-refractivity contribution in [2.75, 3.05) is 26.3 Å². The van der Waals surface area contributed by atoms with E-state index in [-0.39, 0.29) is 18.5 Å². The fraction of sp³-hybridized carbons (Fsp3) is 0.857. The SMILES string of the molecule is O=C(NCC1(C(=O)O)CCCCCC1)C1COCCN1. The van der Waals surface area contributed by atoms with Crippen LogP contribution in [-0.2, 0) is 14.3 Å². The molecule has 0 radical (unpaired) electrons. The van der Waals surface area contributed by atoms with E-state index in [2.05, 4.69) is 10.6 Å². The number of carbonyl (C=O) groups is 2. The van der Waals surface area contributed by atoms with Crippen LogP contribution in [-0.4, -0.2) is 49.3 Å². The van der Waals surface area contributed by atoms with Crippen molar-refractivity contribution in [2.45, 2.75) is 44.6 Å². The second-order valence-corrected chi connectivity index (χ2v) is 5.80. The molecule has 0 bridgehead atoms. The maximum atomic E-state index is 12.0. The number of aliphatic carboxylic acids is 1. The number of carbonyl (C=O) groups excluding carboxylic acids is 1. The average Bonchev–Trinajstić information content (AvgIpc) is 2.72. The van der Waals surface area contributed by atoms with Gasteiger partial charge in [-0.15, -0.1) is 0 Å². The first-order valence-electron chi connectivity index (χ1n) is 7.46. The molecular weight excluding hydrogens is 260 g/mol. The quantitative estimate of drug-likeness (QED) is 0.655. The molecule has 0 aromatic rings. The molecule has 1 saturated heterocycles. The minimum Gasteiger partial charge on any atom is -0.481 e. The molecule has 1 amide bonds. The maximum absolute atomic E-state index is 12.0. The van der Waals surface area contributed by atoms with Crippen LogP contribution in [0.3, 0.4) is 0 Å². The van der Waals surface area contributed by atoms with E-state index in [9.17, 15) is 14.7 Å². The molecule has 2 rings (SSSR count). The van der Waals surface area contributed by atoms with Crippen molar-refractivity contribution in [3.63, 3.8) is 0 Å². The molecular formula is C14H24N2O4. The van der Waals surface area contributed by atoms with Crippen molar-refractivity contribution in [1.29, 1.82) is 0 Å². The zero-order chi connectivity index (χ0) is 14.4. The Labute approximate surface area is 119 Å². The molecule has 1 aliphatic carbocycles. The molecule has 0 spiro atoms. The van der Waals surface area contributed by atoms with Gasteiger partial charge in [-0.25, -0.2) is 0 Å². The van der Waals surface area contributed by atoms with Gasteiger partial charge >= 0.3 is 5.97 Å². The Bertz CT molecular complexity index is 345. The van der Waals surface area contributed by atoms with Crippen molar-refractivity contribution in [3.05, 3.63) is 0 Å². The first-order chi connectivity index (χ1) is 9.64. The van der Waals surface area contributed by atoms with Gasteiger partial charge in [0.15, 0.2) is 0 Å². The third-order valence-corrected chi connectivity index (χ3v) is 4.35. The molecule has 0 aromatic carbocycles. The molecule has 1 atom stereocenters. The lowest BCUT2D eigenvalue weighted by molar-refractivity contribution is -0.150. The van der Waals surface area contributed by atoms with Crippen LogP contribution >= 0.6 is 0 Å². The van der Waals surface area contributed by atoms with E-state index >= 15 is 0 Å². The van der Waals surface area contributed by atoms with Crippen LogP contribution in [0.1, 0.15) is 38.5 Å². The van der Waals surface area contributed by atoms with Crippen LogP contribution in [0.15, 0.2) is 0 Å². The molecule has 0 aromatic heterocycles. The lowest BCUT2D eigenvalue weighted by Gasteiger charge is -2.30. The van der Waals surface area contributed by atoms with Gasteiger partial charge in [0.1, 0.15) is 6.04 Å². The van der Waals surface area contributed by atoms with Crippen LogP contribution in [0.4, 0.5) is 0 Å². The van der Waals surface area contributed by atoms with Crippen LogP contribution in [0.5, 0.6) is 0 Å². The van der Waals surface area contributed by atoms with Crippen molar-refractivity contribution < 1.29 is 19.4 Å². The van der Waals surface area contributed by atoms with Gasteiger partial charge in [-0.2, -0.15) is 0 Å².